The number of hydrazone groups is 1. The summed E-state index contributed by atoms with van der Waals surface area (Å²) in [5, 5.41) is 12.9. The molecule has 0 heterocycles. The van der Waals surface area contributed by atoms with Gasteiger partial charge in [0, 0.05) is 0 Å². The van der Waals surface area contributed by atoms with Crippen LogP contribution in [0.15, 0.2) is 59.7 Å². The molecule has 3 aromatic carbocycles. The second-order valence-corrected chi connectivity index (χ2v) is 7.05. The lowest BCUT2D eigenvalue weighted by Crippen LogP contribution is -2.19. The lowest BCUT2D eigenvalue weighted by atomic mass is 10.1. The summed E-state index contributed by atoms with van der Waals surface area (Å²) in [5.74, 6) is -1.79. The molecule has 0 radical (unpaired) electrons. The maximum atomic E-state index is 13.9. The number of hydrogen-bond donors (Lipinski definition) is 1. The van der Waals surface area contributed by atoms with Crippen LogP contribution in [0.1, 0.15) is 27.0 Å². The SMILES string of the molecule is N#Cc1ccc(C(=O)N/N=C\c2cc(Cl)c(OCc3cccc(F)c3)c(Cl)c2)c(F)c1. The smallest absolute Gasteiger partial charge is 0.274 e. The van der Waals surface area contributed by atoms with Crippen molar-refractivity contribution in [3.8, 4) is 11.8 Å². The summed E-state index contributed by atoms with van der Waals surface area (Å²) in [6.45, 7) is 0.0663. The molecule has 0 aromatic heterocycles. The van der Waals surface area contributed by atoms with E-state index in [0.717, 1.165) is 6.07 Å². The minimum Gasteiger partial charge on any atom is -0.486 e. The molecule has 0 unspecified atom stereocenters. The summed E-state index contributed by atoms with van der Waals surface area (Å²) in [6, 6.07) is 14.2. The van der Waals surface area contributed by atoms with Crippen LogP contribution in [-0.4, -0.2) is 12.1 Å². The third kappa shape index (κ3) is 5.79. The topological polar surface area (TPSA) is 74.5 Å². The summed E-state index contributed by atoms with van der Waals surface area (Å²) in [6.07, 6.45) is 1.27. The third-order valence-electron chi connectivity index (χ3n) is 4.02. The number of carbonyl (C=O) groups excluding carboxylic acids is 1. The van der Waals surface area contributed by atoms with Crippen LogP contribution in [0.3, 0.4) is 0 Å². The van der Waals surface area contributed by atoms with Crippen LogP contribution >= 0.6 is 23.2 Å². The van der Waals surface area contributed by atoms with Crippen molar-refractivity contribution < 1.29 is 18.3 Å². The Kier molecular flexibility index (Phi) is 7.19. The lowest BCUT2D eigenvalue weighted by molar-refractivity contribution is 0.0951. The van der Waals surface area contributed by atoms with Gasteiger partial charge in [-0.2, -0.15) is 10.4 Å². The van der Waals surface area contributed by atoms with Crippen LogP contribution in [0.4, 0.5) is 8.78 Å². The van der Waals surface area contributed by atoms with Gasteiger partial charge in [0.15, 0.2) is 5.75 Å². The molecule has 0 spiro atoms. The molecule has 31 heavy (non-hydrogen) atoms. The number of nitriles is 1. The van der Waals surface area contributed by atoms with Crippen LogP contribution < -0.4 is 10.2 Å². The minimum atomic E-state index is -0.836. The Morgan fingerprint density at radius 1 is 1.13 bits per heavy atom. The predicted molar refractivity (Wildman–Crippen MR) is 113 cm³/mol. The molecule has 1 N–H and O–H groups in total. The molecule has 0 fully saturated rings. The molecular weight excluding hydrogens is 447 g/mol. The highest BCUT2D eigenvalue weighted by molar-refractivity contribution is 6.37. The van der Waals surface area contributed by atoms with Crippen LogP contribution in [0.2, 0.25) is 10.0 Å². The number of benzene rings is 3. The van der Waals surface area contributed by atoms with Crippen molar-refractivity contribution in [2.24, 2.45) is 5.10 Å². The molecular formula is C22H13Cl2F2N3O2. The second kappa shape index (κ2) is 10.0. The molecule has 156 valence electrons. The first kappa shape index (κ1) is 22.2. The van der Waals surface area contributed by atoms with Gasteiger partial charge in [-0.15, -0.1) is 0 Å². The fourth-order valence-corrected chi connectivity index (χ4v) is 3.18. The van der Waals surface area contributed by atoms with E-state index in [1.54, 1.807) is 18.2 Å². The number of carbonyl (C=O) groups is 1. The first-order chi connectivity index (χ1) is 14.9. The number of hydrogen-bond acceptors (Lipinski definition) is 4. The Hall–Kier alpha value is -3.47. The summed E-state index contributed by atoms with van der Waals surface area (Å²) in [7, 11) is 0. The quantitative estimate of drug-likeness (QED) is 0.391. The minimum absolute atomic E-state index is 0.0663. The van der Waals surface area contributed by atoms with E-state index in [1.807, 2.05) is 0 Å². The Balaban J connectivity index is 1.66. The molecule has 3 aromatic rings. The molecule has 0 atom stereocenters. The Morgan fingerprint density at radius 3 is 2.52 bits per heavy atom. The average molecular weight is 460 g/mol. The maximum absolute atomic E-state index is 13.9. The van der Waals surface area contributed by atoms with Gasteiger partial charge in [-0.25, -0.2) is 14.2 Å². The zero-order chi connectivity index (χ0) is 22.4. The van der Waals surface area contributed by atoms with Gasteiger partial charge in [0.25, 0.3) is 5.91 Å². The van der Waals surface area contributed by atoms with E-state index < -0.39 is 11.7 Å². The van der Waals surface area contributed by atoms with E-state index in [2.05, 4.69) is 10.5 Å². The molecule has 0 bridgehead atoms. The number of nitrogens with zero attached hydrogens (tertiary/aromatic N) is 2. The van der Waals surface area contributed by atoms with Gasteiger partial charge >= 0.3 is 0 Å². The van der Waals surface area contributed by atoms with Crippen LogP contribution in [-0.2, 0) is 6.61 Å². The number of ether oxygens (including phenoxy) is 1. The monoisotopic (exact) mass is 459 g/mol. The van der Waals surface area contributed by atoms with Crippen LogP contribution in [0.25, 0.3) is 0 Å². The highest BCUT2D eigenvalue weighted by atomic mass is 35.5. The van der Waals surface area contributed by atoms with Gasteiger partial charge in [-0.1, -0.05) is 35.3 Å². The largest absolute Gasteiger partial charge is 0.486 e. The van der Waals surface area contributed by atoms with Gasteiger partial charge < -0.3 is 4.74 Å². The average Bonchev–Trinajstić information content (AvgIpc) is 2.73. The van der Waals surface area contributed by atoms with E-state index in [4.69, 9.17) is 33.2 Å². The summed E-state index contributed by atoms with van der Waals surface area (Å²) in [4.78, 5) is 12.0. The first-order valence-electron chi connectivity index (χ1n) is 8.76. The normalized spacial score (nSPS) is 10.7. The fraction of sp³-hybridized carbons (Fsp3) is 0.0455. The molecule has 9 heteroatoms. The number of rotatable bonds is 6. The Labute approximate surface area is 186 Å². The first-order valence-corrected chi connectivity index (χ1v) is 9.52. The molecule has 0 saturated carbocycles. The number of amides is 1. The Bertz CT molecular complexity index is 1190. The summed E-state index contributed by atoms with van der Waals surface area (Å²) < 4.78 is 32.7. The van der Waals surface area contributed by atoms with Gasteiger partial charge in [0.2, 0.25) is 0 Å². The molecule has 1 amide bonds. The maximum Gasteiger partial charge on any atom is 0.274 e. The van der Waals surface area contributed by atoms with E-state index in [-0.39, 0.29) is 39.3 Å². The second-order valence-electron chi connectivity index (χ2n) is 6.24. The van der Waals surface area contributed by atoms with E-state index >= 15 is 0 Å². The van der Waals surface area contributed by atoms with Crippen molar-refractivity contribution in [1.82, 2.24) is 5.43 Å². The van der Waals surface area contributed by atoms with Crippen molar-refractivity contribution in [2.75, 3.05) is 0 Å². The summed E-state index contributed by atoms with van der Waals surface area (Å²) in [5.41, 5.74) is 3.09. The third-order valence-corrected chi connectivity index (χ3v) is 4.58. The number of halogens is 4. The van der Waals surface area contributed by atoms with E-state index in [1.165, 1.54) is 42.6 Å². The van der Waals surface area contributed by atoms with Crippen molar-refractivity contribution in [1.29, 1.82) is 5.26 Å². The molecule has 0 aliphatic carbocycles. The highest BCUT2D eigenvalue weighted by Crippen LogP contribution is 2.34. The molecule has 0 aliphatic rings. The molecule has 5 nitrogen and oxygen atoms in total. The lowest BCUT2D eigenvalue weighted by Gasteiger charge is -2.11. The Morgan fingerprint density at radius 2 is 1.87 bits per heavy atom. The van der Waals surface area contributed by atoms with Crippen molar-refractivity contribution in [2.45, 2.75) is 6.61 Å². The van der Waals surface area contributed by atoms with Gasteiger partial charge in [0.1, 0.15) is 18.2 Å². The predicted octanol–water partition coefficient (Wildman–Crippen LogP) is 5.49. The van der Waals surface area contributed by atoms with Crippen molar-refractivity contribution >= 4 is 35.3 Å². The van der Waals surface area contributed by atoms with Gasteiger partial charge in [-0.3, -0.25) is 4.79 Å². The molecule has 0 saturated heterocycles. The molecule has 3 rings (SSSR count). The standard InChI is InChI=1S/C22H13Cl2F2N3O2/c23-18-7-15(8-19(24)21(18)31-12-14-2-1-3-16(25)6-14)11-28-29-22(30)17-5-4-13(10-27)9-20(17)26/h1-9,11H,12H2,(H,29,30)/b28-11-. The van der Waals surface area contributed by atoms with E-state index in [0.29, 0.717) is 11.1 Å². The van der Waals surface area contributed by atoms with Crippen molar-refractivity contribution in [3.63, 3.8) is 0 Å². The highest BCUT2D eigenvalue weighted by Gasteiger charge is 2.12. The van der Waals surface area contributed by atoms with E-state index in [9.17, 15) is 13.6 Å². The molecule has 0 aliphatic heterocycles. The van der Waals surface area contributed by atoms with Gasteiger partial charge in [0.05, 0.1) is 33.5 Å². The van der Waals surface area contributed by atoms with Crippen LogP contribution in [0, 0.1) is 23.0 Å². The van der Waals surface area contributed by atoms with Gasteiger partial charge in [-0.05, 0) is 53.6 Å². The van der Waals surface area contributed by atoms with Crippen LogP contribution in [0.5, 0.6) is 5.75 Å². The summed E-state index contributed by atoms with van der Waals surface area (Å²) >= 11 is 12.4. The zero-order valence-corrected chi connectivity index (χ0v) is 17.2. The fourth-order valence-electron chi connectivity index (χ4n) is 2.57. The number of nitrogens with one attached hydrogen (secondary N) is 1. The zero-order valence-electron chi connectivity index (χ0n) is 15.7. The van der Waals surface area contributed by atoms with Crippen molar-refractivity contribution in [3.05, 3.63) is 98.5 Å².